The molecule has 2 N–H and O–H groups in total. The minimum Gasteiger partial charge on any atom is -0.443 e. The van der Waals surface area contributed by atoms with Crippen molar-refractivity contribution in [3.05, 3.63) is 118 Å². The van der Waals surface area contributed by atoms with Crippen molar-refractivity contribution in [1.82, 2.24) is 28.2 Å². The number of hydrogen-bond donors (Lipinski definition) is 2. The van der Waals surface area contributed by atoms with Gasteiger partial charge in [-0.3, -0.25) is 9.13 Å². The molecular formula is C63H80F4N8O10Si2. The van der Waals surface area contributed by atoms with Gasteiger partial charge in [0, 0.05) is 63.7 Å². The molecule has 8 aromatic rings. The van der Waals surface area contributed by atoms with Crippen molar-refractivity contribution in [3.8, 4) is 23.6 Å². The van der Waals surface area contributed by atoms with E-state index in [0.717, 1.165) is 12.1 Å². The molecule has 0 aliphatic rings. The summed E-state index contributed by atoms with van der Waals surface area (Å²) >= 11 is 0. The van der Waals surface area contributed by atoms with Crippen LogP contribution in [0.1, 0.15) is 108 Å². The first-order chi connectivity index (χ1) is 39.8. The number of halogens is 4. The number of nitriles is 2. The summed E-state index contributed by atoms with van der Waals surface area (Å²) in [4.78, 5) is 35.6. The van der Waals surface area contributed by atoms with Crippen LogP contribution in [0.15, 0.2) is 73.1 Å². The first-order valence-corrected chi connectivity index (χ1v) is 35.4. The van der Waals surface area contributed by atoms with Gasteiger partial charge in [-0.15, -0.1) is 0 Å². The predicted molar refractivity (Wildman–Crippen MR) is 331 cm³/mol. The van der Waals surface area contributed by atoms with Crippen molar-refractivity contribution in [2.45, 2.75) is 177 Å². The Labute approximate surface area is 506 Å². The van der Waals surface area contributed by atoms with Crippen LogP contribution in [0, 0.1) is 36.5 Å². The van der Waals surface area contributed by atoms with E-state index >= 15 is 0 Å². The van der Waals surface area contributed by atoms with Crippen LogP contribution >= 0.6 is 0 Å². The number of rotatable bonds is 18. The number of carbonyl (C=O) groups is 2. The van der Waals surface area contributed by atoms with E-state index in [4.69, 9.17) is 33.4 Å². The predicted octanol–water partition coefficient (Wildman–Crippen LogP) is 14.9. The molecule has 4 heterocycles. The zero-order chi connectivity index (χ0) is 63.8. The third-order valence-electron chi connectivity index (χ3n) is 13.9. The number of hydrogen-bond acceptors (Lipinski definition) is 14. The Hall–Kier alpha value is -7.59. The van der Waals surface area contributed by atoms with E-state index in [-0.39, 0.29) is 55.2 Å². The second-order valence-electron chi connectivity index (χ2n) is 25.9. The number of nitrogens with zero attached hydrogens (tertiary/aromatic N) is 8. The summed E-state index contributed by atoms with van der Waals surface area (Å²) in [6.45, 7) is 24.6. The van der Waals surface area contributed by atoms with Gasteiger partial charge in [0.2, 0.25) is 0 Å². The van der Waals surface area contributed by atoms with Gasteiger partial charge in [-0.25, -0.2) is 19.6 Å². The van der Waals surface area contributed by atoms with Crippen LogP contribution in [0.4, 0.5) is 27.2 Å². The Morgan fingerprint density at radius 1 is 0.586 bits per heavy atom. The lowest BCUT2D eigenvalue weighted by Gasteiger charge is -2.28. The highest BCUT2D eigenvalue weighted by Gasteiger charge is 2.41. The monoisotopic (exact) mass is 1240 g/mol. The lowest BCUT2D eigenvalue weighted by atomic mass is 9.89. The number of benzene rings is 4. The van der Waals surface area contributed by atoms with Crippen LogP contribution in [-0.4, -0.2) is 104 Å². The maximum atomic E-state index is 13.7. The Kier molecular flexibility index (Phi) is 20.5. The van der Waals surface area contributed by atoms with Gasteiger partial charge >= 0.3 is 25.4 Å². The van der Waals surface area contributed by atoms with Crippen LogP contribution in [0.2, 0.25) is 51.4 Å². The smallest absolute Gasteiger partial charge is 0.419 e. The summed E-state index contributed by atoms with van der Waals surface area (Å²) < 4.78 is 93.9. The zero-order valence-corrected chi connectivity index (χ0v) is 53.6. The first kappa shape index (κ1) is 68.5. The molecule has 4 aromatic carbocycles. The number of aromatic nitrogens is 6. The fourth-order valence-corrected chi connectivity index (χ4v) is 11.5. The lowest BCUT2D eigenvalue weighted by molar-refractivity contribution is -0.0536. The molecule has 0 radical (unpaired) electrons. The molecule has 8 rings (SSSR count). The summed E-state index contributed by atoms with van der Waals surface area (Å²) in [5.41, 5.74) is -1.17. The summed E-state index contributed by atoms with van der Waals surface area (Å²) in [6, 6.07) is 21.7. The molecule has 0 bridgehead atoms. The quantitative estimate of drug-likeness (QED) is 0.0463. The highest BCUT2D eigenvalue weighted by atomic mass is 28.3. The van der Waals surface area contributed by atoms with Crippen LogP contribution in [0.3, 0.4) is 0 Å². The first-order valence-electron chi connectivity index (χ1n) is 27.9. The van der Waals surface area contributed by atoms with E-state index in [1.54, 1.807) is 113 Å². The number of alkyl halides is 4. The van der Waals surface area contributed by atoms with Gasteiger partial charge < -0.3 is 47.8 Å². The Morgan fingerprint density at radius 3 is 1.37 bits per heavy atom. The largest absolute Gasteiger partial charge is 0.443 e. The molecule has 0 aliphatic heterocycles. The Balaban J connectivity index is 0.000000275. The number of aryl methyl sites for hydroxylation is 2. The number of ether oxygens (including phenoxy) is 6. The number of carbonyl (C=O) groups excluding carboxylic acids is 2. The van der Waals surface area contributed by atoms with E-state index in [0.29, 0.717) is 79.3 Å². The second kappa shape index (κ2) is 26.0. The van der Waals surface area contributed by atoms with E-state index in [1.807, 2.05) is 0 Å². The highest BCUT2D eigenvalue weighted by molar-refractivity contribution is 6.76. The van der Waals surface area contributed by atoms with Crippen LogP contribution < -0.4 is 9.47 Å². The molecule has 87 heavy (non-hydrogen) atoms. The molecule has 0 fully saturated rings. The van der Waals surface area contributed by atoms with Gasteiger partial charge in [0.25, 0.3) is 0 Å². The van der Waals surface area contributed by atoms with Gasteiger partial charge in [0.1, 0.15) is 59.0 Å². The van der Waals surface area contributed by atoms with Gasteiger partial charge in [-0.1, -0.05) is 46.7 Å². The molecule has 4 aromatic heterocycles. The molecular weight excluding hydrogens is 1160 g/mol. The Bertz CT molecular complexity index is 3780. The van der Waals surface area contributed by atoms with E-state index in [1.165, 1.54) is 47.5 Å². The number of aliphatic hydroxyl groups is 2. The zero-order valence-electron chi connectivity index (χ0n) is 51.6. The highest BCUT2D eigenvalue weighted by Crippen LogP contribution is 2.46. The third-order valence-corrected chi connectivity index (χ3v) is 17.3. The van der Waals surface area contributed by atoms with Gasteiger partial charge in [-0.05, 0) is 153 Å². The Morgan fingerprint density at radius 2 is 0.977 bits per heavy atom. The maximum Gasteiger partial charge on any atom is 0.419 e. The summed E-state index contributed by atoms with van der Waals surface area (Å²) in [7, 11) is -2.79. The average molecular weight is 1240 g/mol. The summed E-state index contributed by atoms with van der Waals surface area (Å²) in [5, 5.41) is 44.3. The molecule has 2 atom stereocenters. The maximum absolute atomic E-state index is 13.7. The minimum absolute atomic E-state index is 0. The fourth-order valence-electron chi connectivity index (χ4n) is 10.0. The van der Waals surface area contributed by atoms with Gasteiger partial charge in [0.15, 0.2) is 0 Å². The molecule has 0 saturated carbocycles. The summed E-state index contributed by atoms with van der Waals surface area (Å²) in [5.74, 6) is -0.328. The summed E-state index contributed by atoms with van der Waals surface area (Å²) in [6.07, 6.45) is 1.62. The molecule has 0 saturated heterocycles. The van der Waals surface area contributed by atoms with Crippen molar-refractivity contribution >= 4 is 72.2 Å². The van der Waals surface area contributed by atoms with E-state index in [2.05, 4.69) is 56.4 Å². The number of fused-ring (bicyclic) bond motifs is 4. The minimum atomic E-state index is -3.18. The van der Waals surface area contributed by atoms with Crippen molar-refractivity contribution < 1.29 is 65.8 Å². The molecule has 0 spiro atoms. The molecule has 24 heteroatoms. The van der Waals surface area contributed by atoms with Gasteiger partial charge in [-0.2, -0.15) is 28.1 Å². The van der Waals surface area contributed by atoms with Crippen LogP contribution in [0.5, 0.6) is 11.5 Å². The van der Waals surface area contributed by atoms with Crippen LogP contribution in [0.25, 0.3) is 43.9 Å². The van der Waals surface area contributed by atoms with Crippen molar-refractivity contribution in [2.75, 3.05) is 13.2 Å². The van der Waals surface area contributed by atoms with Crippen molar-refractivity contribution in [1.29, 1.82) is 10.5 Å². The van der Waals surface area contributed by atoms with E-state index in [9.17, 15) is 47.9 Å². The standard InChI is InChI=1S/2C31H38F2N4O5Si.CH4/c1-19-15-24(41-28(32)33)25(21-11-12-36(26(19)21)29(38)42-30(2,3)4)31(5,39)27-35-22-16-20(17-34)9-10-23(22)37(27)18-40-13-14-43(6,7)8;1-19-15-24(41-28(32)33)25(21-11-12-36(26(19)21)29(38)42-30(2,3)4)31(5,39)27-35-22-10-9-20(17-34)16-23(22)37(27)18-40-13-14-43(6,7)8;/h2*9-12,15-16,28,39H,13-14,18H2,1-8H3;1H4. The lowest BCUT2D eigenvalue weighted by Crippen LogP contribution is -2.30. The molecule has 0 amide bonds. The SMILES string of the molecule is C.Cc1cc(OC(F)F)c(C(C)(O)c2nc3cc(C#N)ccc3n2COCC[Si](C)(C)C)c2ccn(C(=O)OC(C)(C)C)c12.Cc1cc(OC(F)F)c(C(C)(O)c2nc3ccc(C#N)cc3n2COCC[Si](C)(C)C)c2ccn(C(=O)OC(C)(C)C)c12. The third kappa shape index (κ3) is 15.8. The normalized spacial score (nSPS) is 13.7. The molecule has 468 valence electrons. The average Bonchev–Trinajstić information content (AvgIpc) is 1.80. The van der Waals surface area contributed by atoms with E-state index < -0.39 is 64.0 Å². The second-order valence-corrected chi connectivity index (χ2v) is 37.2. The molecule has 18 nitrogen and oxygen atoms in total. The van der Waals surface area contributed by atoms with Crippen molar-refractivity contribution in [3.63, 3.8) is 0 Å². The molecule has 0 aliphatic carbocycles. The van der Waals surface area contributed by atoms with Crippen molar-refractivity contribution in [2.24, 2.45) is 0 Å². The van der Waals surface area contributed by atoms with Crippen LogP contribution in [-0.2, 0) is 43.6 Å². The number of imidazole rings is 2. The topological polar surface area (TPSA) is 223 Å². The molecule has 2 unspecified atom stereocenters. The fraction of sp³-hybridized carbons (Fsp3) is 0.460. The van der Waals surface area contributed by atoms with Gasteiger partial charge in [0.05, 0.1) is 56.4 Å².